The normalized spacial score (nSPS) is 16.9. The van der Waals surface area contributed by atoms with Gasteiger partial charge in [-0.05, 0) is 36.5 Å². The van der Waals surface area contributed by atoms with Gasteiger partial charge in [0.25, 0.3) is 0 Å². The van der Waals surface area contributed by atoms with Crippen LogP contribution in [0.5, 0.6) is 0 Å². The minimum Gasteiger partial charge on any atom is -0.346 e. The highest BCUT2D eigenvalue weighted by Gasteiger charge is 2.30. The predicted octanol–water partition coefficient (Wildman–Crippen LogP) is 2.94. The molecule has 1 aromatic carbocycles. The molecule has 0 heterocycles. The van der Waals surface area contributed by atoms with E-state index in [1.165, 1.54) is 12.1 Å². The van der Waals surface area contributed by atoms with Gasteiger partial charge in [0.05, 0.1) is 6.54 Å². The van der Waals surface area contributed by atoms with Crippen molar-refractivity contribution in [2.45, 2.75) is 31.5 Å². The van der Waals surface area contributed by atoms with Gasteiger partial charge in [-0.2, -0.15) is 13.2 Å². The van der Waals surface area contributed by atoms with E-state index in [1.54, 1.807) is 12.1 Å². The molecule has 0 radical (unpaired) electrons. The monoisotopic (exact) mass is 318 g/mol. The van der Waals surface area contributed by atoms with Gasteiger partial charge in [-0.1, -0.05) is 18.6 Å². The number of hydrogen-bond acceptors (Lipinski definition) is 2. The van der Waals surface area contributed by atoms with Crippen LogP contribution in [-0.2, 0) is 4.79 Å². The summed E-state index contributed by atoms with van der Waals surface area (Å²) in [6, 6.07) is 5.81. The molecule has 0 bridgehead atoms. The number of amides is 1. The van der Waals surface area contributed by atoms with Crippen LogP contribution in [0.15, 0.2) is 24.3 Å². The lowest BCUT2D eigenvalue weighted by Crippen LogP contribution is -2.42. The Labute approximate surface area is 126 Å². The summed E-state index contributed by atoms with van der Waals surface area (Å²) < 4.78 is 49.1. The molecule has 2 N–H and O–H groups in total. The fraction of sp³-hybridized carbons (Fsp3) is 0.533. The molecule has 1 fully saturated rings. The topological polar surface area (TPSA) is 41.1 Å². The SMILES string of the molecule is O=C(CN[C@@H](c1ccc(F)cc1)C1CCC1)NCC(F)(F)F. The summed E-state index contributed by atoms with van der Waals surface area (Å²) in [5.74, 6) is -0.733. The van der Waals surface area contributed by atoms with Gasteiger partial charge in [-0.15, -0.1) is 0 Å². The van der Waals surface area contributed by atoms with Crippen LogP contribution in [0, 0.1) is 11.7 Å². The minimum atomic E-state index is -4.42. The van der Waals surface area contributed by atoms with Crippen LogP contribution >= 0.6 is 0 Å². The third kappa shape index (κ3) is 4.98. The first kappa shape index (κ1) is 16.7. The van der Waals surface area contributed by atoms with Gasteiger partial charge in [-0.25, -0.2) is 4.39 Å². The van der Waals surface area contributed by atoms with E-state index in [2.05, 4.69) is 5.32 Å². The average Bonchev–Trinajstić information content (AvgIpc) is 2.39. The number of benzene rings is 1. The van der Waals surface area contributed by atoms with Crippen molar-refractivity contribution in [3.63, 3.8) is 0 Å². The largest absolute Gasteiger partial charge is 0.405 e. The molecule has 3 nitrogen and oxygen atoms in total. The molecule has 122 valence electrons. The number of rotatable bonds is 6. The Hall–Kier alpha value is -1.63. The lowest BCUT2D eigenvalue weighted by Gasteiger charge is -2.34. The molecule has 0 aromatic heterocycles. The zero-order valence-electron chi connectivity index (χ0n) is 11.9. The minimum absolute atomic E-state index is 0.147. The van der Waals surface area contributed by atoms with Gasteiger partial charge in [0.2, 0.25) is 5.91 Å². The van der Waals surface area contributed by atoms with Crippen molar-refractivity contribution in [2.75, 3.05) is 13.1 Å². The summed E-state index contributed by atoms with van der Waals surface area (Å²) in [4.78, 5) is 11.5. The van der Waals surface area contributed by atoms with Crippen molar-refractivity contribution in [1.82, 2.24) is 10.6 Å². The molecular weight excluding hydrogens is 300 g/mol. The number of carbonyl (C=O) groups is 1. The molecule has 22 heavy (non-hydrogen) atoms. The number of carbonyl (C=O) groups excluding carboxylic acids is 1. The van der Waals surface area contributed by atoms with E-state index >= 15 is 0 Å². The van der Waals surface area contributed by atoms with E-state index in [0.717, 1.165) is 24.8 Å². The molecule has 7 heteroatoms. The second-order valence-electron chi connectivity index (χ2n) is 5.49. The predicted molar refractivity (Wildman–Crippen MR) is 73.5 cm³/mol. The Morgan fingerprint density at radius 1 is 1.23 bits per heavy atom. The van der Waals surface area contributed by atoms with E-state index in [1.807, 2.05) is 5.32 Å². The zero-order chi connectivity index (χ0) is 16.2. The number of alkyl halides is 3. The van der Waals surface area contributed by atoms with Crippen LogP contribution < -0.4 is 10.6 Å². The van der Waals surface area contributed by atoms with Crippen molar-refractivity contribution >= 4 is 5.91 Å². The maximum absolute atomic E-state index is 13.0. The summed E-state index contributed by atoms with van der Waals surface area (Å²) in [6.07, 6.45) is -1.36. The fourth-order valence-electron chi connectivity index (χ4n) is 2.46. The second kappa shape index (κ2) is 7.09. The molecular formula is C15H18F4N2O. The number of hydrogen-bond donors (Lipinski definition) is 2. The van der Waals surface area contributed by atoms with Crippen molar-refractivity contribution in [3.05, 3.63) is 35.6 Å². The van der Waals surface area contributed by atoms with Crippen LogP contribution in [0.3, 0.4) is 0 Å². The van der Waals surface area contributed by atoms with Crippen LogP contribution in [0.2, 0.25) is 0 Å². The summed E-state index contributed by atoms with van der Waals surface area (Å²) in [7, 11) is 0. The third-order valence-electron chi connectivity index (χ3n) is 3.82. The first-order chi connectivity index (χ1) is 10.3. The van der Waals surface area contributed by atoms with Crippen LogP contribution in [0.4, 0.5) is 17.6 Å². The van der Waals surface area contributed by atoms with Gasteiger partial charge in [0.15, 0.2) is 0 Å². The Morgan fingerprint density at radius 2 is 1.86 bits per heavy atom. The molecule has 1 aromatic rings. The van der Waals surface area contributed by atoms with E-state index in [0.29, 0.717) is 5.92 Å². The summed E-state index contributed by atoms with van der Waals surface area (Å²) in [5.41, 5.74) is 0.842. The van der Waals surface area contributed by atoms with Crippen molar-refractivity contribution in [1.29, 1.82) is 0 Å². The number of halogens is 4. The van der Waals surface area contributed by atoms with Gasteiger partial charge in [0, 0.05) is 6.04 Å². The number of nitrogens with one attached hydrogen (secondary N) is 2. The average molecular weight is 318 g/mol. The van der Waals surface area contributed by atoms with E-state index in [4.69, 9.17) is 0 Å². The Balaban J connectivity index is 1.90. The van der Waals surface area contributed by atoms with Crippen molar-refractivity contribution < 1.29 is 22.4 Å². The van der Waals surface area contributed by atoms with Crippen LogP contribution in [0.25, 0.3) is 0 Å². The molecule has 0 saturated heterocycles. The van der Waals surface area contributed by atoms with Gasteiger partial charge in [0.1, 0.15) is 12.4 Å². The van der Waals surface area contributed by atoms with Crippen molar-refractivity contribution in [2.24, 2.45) is 5.92 Å². The molecule has 0 unspecified atom stereocenters. The van der Waals surface area contributed by atoms with E-state index in [-0.39, 0.29) is 18.4 Å². The molecule has 1 amide bonds. The standard InChI is InChI=1S/C15H18F4N2O/c16-12-6-4-11(5-7-12)14(10-2-1-3-10)20-8-13(22)21-9-15(17,18)19/h4-7,10,14,20H,1-3,8-9H2,(H,21,22)/t14-/m1/s1. The van der Waals surface area contributed by atoms with Gasteiger partial charge >= 0.3 is 6.18 Å². The molecule has 0 aliphatic heterocycles. The molecule has 1 atom stereocenters. The molecule has 2 rings (SSSR count). The third-order valence-corrected chi connectivity index (χ3v) is 3.82. The first-order valence-corrected chi connectivity index (χ1v) is 7.17. The Morgan fingerprint density at radius 3 is 2.36 bits per heavy atom. The first-order valence-electron chi connectivity index (χ1n) is 7.17. The maximum atomic E-state index is 13.0. The molecule has 1 saturated carbocycles. The highest BCUT2D eigenvalue weighted by Crippen LogP contribution is 2.37. The van der Waals surface area contributed by atoms with Gasteiger partial charge in [-0.3, -0.25) is 4.79 Å². The Bertz CT molecular complexity index is 497. The van der Waals surface area contributed by atoms with Crippen molar-refractivity contribution in [3.8, 4) is 0 Å². The summed E-state index contributed by atoms with van der Waals surface area (Å²) in [5, 5.41) is 4.82. The maximum Gasteiger partial charge on any atom is 0.405 e. The highest BCUT2D eigenvalue weighted by molar-refractivity contribution is 5.78. The fourth-order valence-corrected chi connectivity index (χ4v) is 2.46. The highest BCUT2D eigenvalue weighted by atomic mass is 19.4. The van der Waals surface area contributed by atoms with E-state index < -0.39 is 18.6 Å². The second-order valence-corrected chi connectivity index (χ2v) is 5.49. The molecule has 1 aliphatic carbocycles. The Kier molecular flexibility index (Phi) is 5.39. The molecule has 0 spiro atoms. The van der Waals surface area contributed by atoms with Crippen LogP contribution in [-0.4, -0.2) is 25.2 Å². The lowest BCUT2D eigenvalue weighted by molar-refractivity contribution is -0.138. The summed E-state index contributed by atoms with van der Waals surface area (Å²) in [6.45, 7) is -1.53. The van der Waals surface area contributed by atoms with Gasteiger partial charge < -0.3 is 10.6 Å². The zero-order valence-corrected chi connectivity index (χ0v) is 11.9. The van der Waals surface area contributed by atoms with E-state index in [9.17, 15) is 22.4 Å². The lowest BCUT2D eigenvalue weighted by atomic mass is 9.77. The summed E-state index contributed by atoms with van der Waals surface area (Å²) >= 11 is 0. The molecule has 1 aliphatic rings. The smallest absolute Gasteiger partial charge is 0.346 e. The van der Waals surface area contributed by atoms with Crippen LogP contribution in [0.1, 0.15) is 30.9 Å². The quantitative estimate of drug-likeness (QED) is 0.792.